The lowest BCUT2D eigenvalue weighted by atomic mass is 10.1. The Labute approximate surface area is 95.2 Å². The Balaban J connectivity index is 4.68. The zero-order valence-electron chi connectivity index (χ0n) is 9.56. The summed E-state index contributed by atoms with van der Waals surface area (Å²) < 4.78 is 9.52. The molecule has 0 aromatic carbocycles. The molecule has 1 unspecified atom stereocenters. The third kappa shape index (κ3) is 5.80. The van der Waals surface area contributed by atoms with Crippen molar-refractivity contribution < 1.29 is 19.1 Å². The van der Waals surface area contributed by atoms with E-state index >= 15 is 0 Å². The fourth-order valence-corrected chi connectivity index (χ4v) is 0.721. The van der Waals surface area contributed by atoms with Gasteiger partial charge >= 0.3 is 11.9 Å². The van der Waals surface area contributed by atoms with Crippen molar-refractivity contribution >= 4 is 11.9 Å². The summed E-state index contributed by atoms with van der Waals surface area (Å²) >= 11 is 0. The van der Waals surface area contributed by atoms with E-state index in [-0.39, 0.29) is 11.9 Å². The van der Waals surface area contributed by atoms with Crippen molar-refractivity contribution in [2.24, 2.45) is 5.92 Å². The van der Waals surface area contributed by atoms with Crippen LogP contribution in [0.1, 0.15) is 20.3 Å². The minimum atomic E-state index is -0.675. The van der Waals surface area contributed by atoms with Crippen molar-refractivity contribution in [2.45, 2.75) is 20.3 Å². The van der Waals surface area contributed by atoms with Crippen LogP contribution in [0.25, 0.3) is 0 Å². The van der Waals surface area contributed by atoms with Crippen molar-refractivity contribution in [1.82, 2.24) is 0 Å². The van der Waals surface area contributed by atoms with E-state index in [0.29, 0.717) is 0 Å². The SMILES string of the molecule is C=CC(=O)OC(=CC(C)CC)OC(=O)C=C. The Kier molecular flexibility index (Phi) is 6.59. The van der Waals surface area contributed by atoms with Gasteiger partial charge in [0, 0.05) is 18.2 Å². The van der Waals surface area contributed by atoms with Gasteiger partial charge in [-0.25, -0.2) is 9.59 Å². The number of hydrogen-bond donors (Lipinski definition) is 0. The van der Waals surface area contributed by atoms with Crippen LogP contribution in [0.2, 0.25) is 0 Å². The summed E-state index contributed by atoms with van der Waals surface area (Å²) in [4.78, 5) is 21.9. The van der Waals surface area contributed by atoms with Gasteiger partial charge in [-0.1, -0.05) is 27.0 Å². The van der Waals surface area contributed by atoms with E-state index in [1.165, 1.54) is 0 Å². The van der Waals surface area contributed by atoms with Crippen LogP contribution in [0.15, 0.2) is 37.3 Å². The quantitative estimate of drug-likeness (QED) is 0.395. The number of allylic oxidation sites excluding steroid dienone is 1. The molecule has 0 aliphatic carbocycles. The maximum atomic E-state index is 11.0. The molecular weight excluding hydrogens is 208 g/mol. The standard InChI is InChI=1S/C12H16O4/c1-5-9(4)8-12(15-10(13)6-2)16-11(14)7-3/h6-9H,2-3,5H2,1,4H3. The minimum Gasteiger partial charge on any atom is -0.390 e. The van der Waals surface area contributed by atoms with Crippen LogP contribution in [-0.2, 0) is 19.1 Å². The molecule has 0 aromatic heterocycles. The molecule has 0 heterocycles. The molecule has 4 heteroatoms. The van der Waals surface area contributed by atoms with Gasteiger partial charge in [0.1, 0.15) is 0 Å². The van der Waals surface area contributed by atoms with Crippen molar-refractivity contribution in [2.75, 3.05) is 0 Å². The number of esters is 2. The van der Waals surface area contributed by atoms with Crippen LogP contribution in [0, 0.1) is 5.92 Å². The van der Waals surface area contributed by atoms with Crippen molar-refractivity contribution in [3.63, 3.8) is 0 Å². The maximum Gasteiger partial charge on any atom is 0.337 e. The second-order valence-electron chi connectivity index (χ2n) is 3.12. The van der Waals surface area contributed by atoms with E-state index < -0.39 is 11.9 Å². The fraction of sp³-hybridized carbons (Fsp3) is 0.333. The molecule has 0 saturated carbocycles. The van der Waals surface area contributed by atoms with Crippen molar-refractivity contribution in [3.05, 3.63) is 37.3 Å². The van der Waals surface area contributed by atoms with E-state index in [9.17, 15) is 9.59 Å². The third-order valence-electron chi connectivity index (χ3n) is 1.80. The Morgan fingerprint density at radius 1 is 1.19 bits per heavy atom. The Morgan fingerprint density at radius 3 is 1.94 bits per heavy atom. The molecule has 0 N–H and O–H groups in total. The number of carbonyl (C=O) groups is 2. The molecular formula is C12H16O4. The highest BCUT2D eigenvalue weighted by molar-refractivity contribution is 5.84. The lowest BCUT2D eigenvalue weighted by Crippen LogP contribution is -2.09. The van der Waals surface area contributed by atoms with E-state index in [2.05, 4.69) is 13.2 Å². The van der Waals surface area contributed by atoms with Gasteiger partial charge in [0.05, 0.1) is 0 Å². The summed E-state index contributed by atoms with van der Waals surface area (Å²) in [5.41, 5.74) is 0. The molecule has 0 rings (SSSR count). The summed E-state index contributed by atoms with van der Waals surface area (Å²) in [6.45, 7) is 10.4. The van der Waals surface area contributed by atoms with E-state index in [0.717, 1.165) is 18.6 Å². The van der Waals surface area contributed by atoms with Crippen molar-refractivity contribution in [3.8, 4) is 0 Å². The maximum absolute atomic E-state index is 11.0. The molecule has 0 aliphatic heterocycles. The summed E-state index contributed by atoms with van der Waals surface area (Å²) in [6, 6.07) is 0. The van der Waals surface area contributed by atoms with Gasteiger partial charge in [-0.3, -0.25) is 0 Å². The van der Waals surface area contributed by atoms with E-state index in [4.69, 9.17) is 9.47 Å². The first-order valence-electron chi connectivity index (χ1n) is 4.93. The molecule has 0 fully saturated rings. The zero-order valence-corrected chi connectivity index (χ0v) is 9.56. The third-order valence-corrected chi connectivity index (χ3v) is 1.80. The summed E-state index contributed by atoms with van der Waals surface area (Å²) in [5, 5.41) is 0. The lowest BCUT2D eigenvalue weighted by molar-refractivity contribution is -0.147. The monoisotopic (exact) mass is 224 g/mol. The van der Waals surface area contributed by atoms with Crippen LogP contribution in [0.5, 0.6) is 0 Å². The van der Waals surface area contributed by atoms with Gasteiger partial charge < -0.3 is 9.47 Å². The van der Waals surface area contributed by atoms with Gasteiger partial charge in [-0.2, -0.15) is 0 Å². The highest BCUT2D eigenvalue weighted by Gasteiger charge is 2.10. The van der Waals surface area contributed by atoms with Gasteiger partial charge in [0.25, 0.3) is 5.95 Å². The Bertz CT molecular complexity index is 291. The predicted molar refractivity (Wildman–Crippen MR) is 60.1 cm³/mol. The molecule has 0 spiro atoms. The smallest absolute Gasteiger partial charge is 0.337 e. The Hall–Kier alpha value is -1.84. The van der Waals surface area contributed by atoms with Crippen LogP contribution in [0.4, 0.5) is 0 Å². The van der Waals surface area contributed by atoms with Gasteiger partial charge in [0.15, 0.2) is 0 Å². The predicted octanol–water partition coefficient (Wildman–Crippen LogP) is 2.33. The molecule has 1 atom stereocenters. The first-order valence-corrected chi connectivity index (χ1v) is 4.93. The van der Waals surface area contributed by atoms with Gasteiger partial charge in [-0.15, -0.1) is 0 Å². The molecule has 0 amide bonds. The highest BCUT2D eigenvalue weighted by Crippen LogP contribution is 2.10. The Morgan fingerprint density at radius 2 is 1.62 bits per heavy atom. The van der Waals surface area contributed by atoms with Crippen LogP contribution < -0.4 is 0 Å². The van der Waals surface area contributed by atoms with Gasteiger partial charge in [-0.05, 0) is 12.3 Å². The topological polar surface area (TPSA) is 52.6 Å². The number of hydrogen-bond acceptors (Lipinski definition) is 4. The summed E-state index contributed by atoms with van der Waals surface area (Å²) in [7, 11) is 0. The lowest BCUT2D eigenvalue weighted by Gasteiger charge is -2.08. The molecule has 0 radical (unpaired) electrons. The first kappa shape index (κ1) is 14.2. The fourth-order valence-electron chi connectivity index (χ4n) is 0.721. The van der Waals surface area contributed by atoms with E-state index in [1.54, 1.807) is 6.08 Å². The molecule has 0 saturated heterocycles. The van der Waals surface area contributed by atoms with Crippen LogP contribution in [-0.4, -0.2) is 11.9 Å². The summed E-state index contributed by atoms with van der Waals surface area (Å²) in [6.07, 6.45) is 4.38. The second kappa shape index (κ2) is 7.45. The number of ether oxygens (including phenoxy) is 2. The molecule has 0 aromatic rings. The molecule has 0 aliphatic rings. The molecule has 0 bridgehead atoms. The second-order valence-corrected chi connectivity index (χ2v) is 3.12. The molecule has 88 valence electrons. The zero-order chi connectivity index (χ0) is 12.6. The average Bonchev–Trinajstić information content (AvgIpc) is 2.28. The number of carbonyl (C=O) groups excluding carboxylic acids is 2. The van der Waals surface area contributed by atoms with Crippen LogP contribution in [0.3, 0.4) is 0 Å². The minimum absolute atomic E-state index is 0.130. The highest BCUT2D eigenvalue weighted by atomic mass is 16.7. The summed E-state index contributed by atoms with van der Waals surface area (Å²) in [5.74, 6) is -1.35. The normalized spacial score (nSPS) is 10.9. The molecule has 16 heavy (non-hydrogen) atoms. The average molecular weight is 224 g/mol. The van der Waals surface area contributed by atoms with Crippen molar-refractivity contribution in [1.29, 1.82) is 0 Å². The number of rotatable bonds is 6. The van der Waals surface area contributed by atoms with Crippen LogP contribution >= 0.6 is 0 Å². The first-order chi connectivity index (χ1) is 7.53. The van der Waals surface area contributed by atoms with Gasteiger partial charge in [0.2, 0.25) is 0 Å². The largest absolute Gasteiger partial charge is 0.390 e. The van der Waals surface area contributed by atoms with E-state index in [1.807, 2.05) is 13.8 Å². The molecule has 4 nitrogen and oxygen atoms in total.